The molecule has 5 heteroatoms. The van der Waals surface area contributed by atoms with Gasteiger partial charge in [0.05, 0.1) is 0 Å². The van der Waals surface area contributed by atoms with Crippen LogP contribution in [0, 0.1) is 6.92 Å². The van der Waals surface area contributed by atoms with Crippen molar-refractivity contribution in [2.24, 2.45) is 5.73 Å². The van der Waals surface area contributed by atoms with Gasteiger partial charge in [-0.05, 0) is 0 Å². The standard InChI is InChI=1S/C10H16IN2O2/c1-6-7(10(14)13(3)4)5-8(15-6)9(12)11-2/h5,9H,12H2,1-4H3/q-1/t9-/m0/s1. The van der Waals surface area contributed by atoms with E-state index in [1.807, 2.05) is 0 Å². The van der Waals surface area contributed by atoms with Crippen molar-refractivity contribution in [3.8, 4) is 0 Å². The third-order valence-electron chi connectivity index (χ3n) is 2.08. The first-order chi connectivity index (χ1) is 6.97. The van der Waals surface area contributed by atoms with Crippen LogP contribution in [-0.4, -0.2) is 29.8 Å². The normalized spacial score (nSPS) is 12.9. The van der Waals surface area contributed by atoms with Gasteiger partial charge in [0.2, 0.25) is 0 Å². The van der Waals surface area contributed by atoms with Crippen molar-refractivity contribution < 1.29 is 30.4 Å². The Balaban J connectivity index is 3.01. The molecule has 0 saturated heterocycles. The number of amides is 1. The molecule has 1 amide bonds. The molecule has 2 N–H and O–H groups in total. The summed E-state index contributed by atoms with van der Waals surface area (Å²) in [5, 5.41) is 0. The number of carbonyl (C=O) groups excluding carboxylic acids is 1. The van der Waals surface area contributed by atoms with E-state index >= 15 is 0 Å². The number of nitrogens with zero attached hydrogens (tertiary/aromatic N) is 1. The fourth-order valence-corrected chi connectivity index (χ4v) is 2.12. The molecule has 0 bridgehead atoms. The van der Waals surface area contributed by atoms with E-state index in [1.165, 1.54) is 4.90 Å². The summed E-state index contributed by atoms with van der Waals surface area (Å²) in [5.41, 5.74) is 6.50. The Morgan fingerprint density at radius 2 is 2.20 bits per heavy atom. The number of furan rings is 1. The summed E-state index contributed by atoms with van der Waals surface area (Å²) in [5.74, 6) is 1.34. The summed E-state index contributed by atoms with van der Waals surface area (Å²) in [6.07, 6.45) is 0. The summed E-state index contributed by atoms with van der Waals surface area (Å²) in [6, 6.07) is 1.77. The van der Waals surface area contributed by atoms with E-state index < -0.39 is 0 Å². The molecule has 0 saturated carbocycles. The molecule has 0 aromatic carbocycles. The molecule has 1 heterocycles. The Labute approximate surface area is 100 Å². The summed E-state index contributed by atoms with van der Waals surface area (Å²) >= 11 is -0.110. The van der Waals surface area contributed by atoms with Gasteiger partial charge >= 0.3 is 100 Å². The quantitative estimate of drug-likeness (QED) is 0.396. The summed E-state index contributed by atoms with van der Waals surface area (Å²) < 4.78 is 5.47. The van der Waals surface area contributed by atoms with Crippen LogP contribution in [-0.2, 0) is 0 Å². The summed E-state index contributed by atoms with van der Waals surface area (Å²) in [7, 11) is 3.45. The second kappa shape index (κ2) is 4.98. The minimum absolute atomic E-state index is 0.0220. The SMILES string of the molecule is C[I-][C@@H](N)c1cc(C(=O)N(C)C)c(C)o1. The van der Waals surface area contributed by atoms with Crippen LogP contribution in [0.25, 0.3) is 0 Å². The van der Waals surface area contributed by atoms with Crippen molar-refractivity contribution in [3.05, 3.63) is 23.2 Å². The molecule has 1 rings (SSSR count). The molecule has 86 valence electrons. The number of hydrogen-bond acceptors (Lipinski definition) is 3. The third kappa shape index (κ3) is 2.72. The van der Waals surface area contributed by atoms with Crippen molar-refractivity contribution >= 4 is 5.91 Å². The molecule has 0 radical (unpaired) electrons. The van der Waals surface area contributed by atoms with Gasteiger partial charge in [-0.2, -0.15) is 0 Å². The maximum absolute atomic E-state index is 11.7. The van der Waals surface area contributed by atoms with E-state index in [9.17, 15) is 4.79 Å². The molecule has 0 fully saturated rings. The van der Waals surface area contributed by atoms with E-state index in [0.717, 1.165) is 5.76 Å². The van der Waals surface area contributed by atoms with Gasteiger partial charge in [-0.1, -0.05) is 0 Å². The van der Waals surface area contributed by atoms with Crippen LogP contribution < -0.4 is 26.9 Å². The summed E-state index contributed by atoms with van der Waals surface area (Å²) in [6.45, 7) is 1.79. The Hall–Kier alpha value is -0.560. The average molecular weight is 323 g/mol. The number of halogens is 1. The monoisotopic (exact) mass is 323 g/mol. The average Bonchev–Trinajstić information content (AvgIpc) is 2.57. The number of rotatable bonds is 3. The number of hydrogen-bond donors (Lipinski definition) is 1. The van der Waals surface area contributed by atoms with Crippen molar-refractivity contribution in [2.75, 3.05) is 19.0 Å². The van der Waals surface area contributed by atoms with Crippen molar-refractivity contribution in [2.45, 2.75) is 11.0 Å². The van der Waals surface area contributed by atoms with Crippen LogP contribution in [0.3, 0.4) is 0 Å². The van der Waals surface area contributed by atoms with Crippen LogP contribution in [0.2, 0.25) is 0 Å². The molecule has 0 spiro atoms. The van der Waals surface area contributed by atoms with Crippen LogP contribution >= 0.6 is 0 Å². The molecule has 1 aromatic heterocycles. The van der Waals surface area contributed by atoms with Crippen molar-refractivity contribution in [3.63, 3.8) is 0 Å². The number of alkyl halides is 2. The second-order valence-corrected chi connectivity index (χ2v) is 6.03. The summed E-state index contributed by atoms with van der Waals surface area (Å²) in [4.78, 5) is 15.4. The predicted molar refractivity (Wildman–Crippen MR) is 54.3 cm³/mol. The molecule has 4 nitrogen and oxygen atoms in total. The Kier molecular flexibility index (Phi) is 4.15. The van der Waals surface area contributed by atoms with E-state index in [2.05, 4.69) is 4.93 Å². The van der Waals surface area contributed by atoms with Gasteiger partial charge in [0, 0.05) is 0 Å². The molecule has 15 heavy (non-hydrogen) atoms. The van der Waals surface area contributed by atoms with E-state index in [0.29, 0.717) is 11.3 Å². The first kappa shape index (κ1) is 12.5. The Bertz CT molecular complexity index is 360. The first-order valence-corrected chi connectivity index (χ1v) is 7.93. The van der Waals surface area contributed by atoms with Gasteiger partial charge < -0.3 is 0 Å². The third-order valence-corrected chi connectivity index (χ3v) is 4.04. The van der Waals surface area contributed by atoms with E-state index in [4.69, 9.17) is 10.2 Å². The van der Waals surface area contributed by atoms with Crippen LogP contribution in [0.5, 0.6) is 0 Å². The Morgan fingerprint density at radius 3 is 2.67 bits per heavy atom. The molecule has 0 aliphatic carbocycles. The van der Waals surface area contributed by atoms with Gasteiger partial charge in [0.15, 0.2) is 0 Å². The first-order valence-electron chi connectivity index (χ1n) is 4.53. The molecular weight excluding hydrogens is 307 g/mol. The molecule has 0 aliphatic rings. The molecule has 1 atom stereocenters. The van der Waals surface area contributed by atoms with Gasteiger partial charge in [0.25, 0.3) is 0 Å². The Morgan fingerprint density at radius 1 is 1.60 bits per heavy atom. The maximum atomic E-state index is 11.7. The van der Waals surface area contributed by atoms with E-state index in [-0.39, 0.29) is 31.2 Å². The molecule has 0 aliphatic heterocycles. The minimum atomic E-state index is -0.110. The predicted octanol–water partition coefficient (Wildman–Crippen LogP) is -2.03. The number of aryl methyl sites for hydroxylation is 1. The van der Waals surface area contributed by atoms with Gasteiger partial charge in [0.1, 0.15) is 0 Å². The second-order valence-electron chi connectivity index (χ2n) is 3.44. The number of nitrogens with two attached hydrogens (primary N) is 1. The zero-order valence-corrected chi connectivity index (χ0v) is 11.5. The number of carbonyl (C=O) groups is 1. The molecular formula is C10H16IN2O2-. The fraction of sp³-hybridized carbons (Fsp3) is 0.500. The van der Waals surface area contributed by atoms with Crippen LogP contribution in [0.1, 0.15) is 25.9 Å². The van der Waals surface area contributed by atoms with Crippen molar-refractivity contribution in [1.82, 2.24) is 4.90 Å². The van der Waals surface area contributed by atoms with Crippen LogP contribution in [0.15, 0.2) is 10.5 Å². The topological polar surface area (TPSA) is 59.5 Å². The van der Waals surface area contributed by atoms with Gasteiger partial charge in [-0.3, -0.25) is 0 Å². The zero-order chi connectivity index (χ0) is 11.6. The van der Waals surface area contributed by atoms with Gasteiger partial charge in [-0.15, -0.1) is 0 Å². The molecule has 0 unspecified atom stereocenters. The zero-order valence-electron chi connectivity index (χ0n) is 9.37. The van der Waals surface area contributed by atoms with Crippen molar-refractivity contribution in [1.29, 1.82) is 0 Å². The fourth-order valence-electron chi connectivity index (χ4n) is 1.20. The van der Waals surface area contributed by atoms with E-state index in [1.54, 1.807) is 27.1 Å². The molecule has 1 aromatic rings. The van der Waals surface area contributed by atoms with Crippen LogP contribution in [0.4, 0.5) is 0 Å². The van der Waals surface area contributed by atoms with Gasteiger partial charge in [-0.25, -0.2) is 0 Å².